The quantitative estimate of drug-likeness (QED) is 0.690. The second-order valence-electron chi connectivity index (χ2n) is 8.20. The van der Waals surface area contributed by atoms with Crippen LogP contribution in [-0.4, -0.2) is 42.9 Å². The van der Waals surface area contributed by atoms with Crippen LogP contribution < -0.4 is 5.32 Å². The van der Waals surface area contributed by atoms with Crippen LogP contribution in [0.5, 0.6) is 0 Å². The summed E-state index contributed by atoms with van der Waals surface area (Å²) < 4.78 is 32.3. The Hall–Kier alpha value is -2.19. The normalized spacial score (nSPS) is 17.0. The molecule has 1 aliphatic rings. The monoisotopic (exact) mass is 433 g/mol. The lowest BCUT2D eigenvalue weighted by atomic mass is 9.94. The van der Waals surface area contributed by atoms with Gasteiger partial charge >= 0.3 is 0 Å². The zero-order valence-electron chi connectivity index (χ0n) is 17.9. The summed E-state index contributed by atoms with van der Waals surface area (Å²) in [6.45, 7) is 6.10. The minimum absolute atomic E-state index is 0.0441. The number of carbonyl (C=O) groups excluding carboxylic acids is 1. The smallest absolute Gasteiger partial charge is 0.248 e. The summed E-state index contributed by atoms with van der Waals surface area (Å²) in [5, 5.41) is 6.84. The van der Waals surface area contributed by atoms with Crippen molar-refractivity contribution >= 4 is 15.9 Å². The molecule has 1 aromatic heterocycles. The minimum atomic E-state index is -3.61. The predicted octanol–water partition coefficient (Wildman–Crippen LogP) is 3.22. The number of benzene rings is 1. The van der Waals surface area contributed by atoms with Crippen molar-refractivity contribution in [3.05, 3.63) is 47.3 Å². The van der Waals surface area contributed by atoms with Crippen LogP contribution in [0, 0.1) is 19.8 Å². The number of amides is 1. The zero-order chi connectivity index (χ0) is 21.7. The molecular weight excluding hydrogens is 402 g/mol. The molecule has 1 atom stereocenters. The van der Waals surface area contributed by atoms with Gasteiger partial charge < -0.3 is 9.84 Å². The molecule has 1 unspecified atom stereocenters. The number of nitrogens with zero attached hydrogens (tertiary/aromatic N) is 2. The molecule has 7 nitrogen and oxygen atoms in total. The van der Waals surface area contributed by atoms with Gasteiger partial charge in [-0.3, -0.25) is 4.79 Å². The zero-order valence-corrected chi connectivity index (χ0v) is 18.7. The molecule has 164 valence electrons. The third kappa shape index (κ3) is 5.49. The highest BCUT2D eigenvalue weighted by atomic mass is 32.2. The van der Waals surface area contributed by atoms with Crippen LogP contribution >= 0.6 is 0 Å². The van der Waals surface area contributed by atoms with E-state index in [9.17, 15) is 13.2 Å². The lowest BCUT2D eigenvalue weighted by Crippen LogP contribution is -2.40. The van der Waals surface area contributed by atoms with Crippen molar-refractivity contribution in [3.8, 4) is 0 Å². The van der Waals surface area contributed by atoms with E-state index < -0.39 is 10.0 Å². The molecule has 1 saturated heterocycles. The maximum atomic E-state index is 12.9. The fraction of sp³-hybridized carbons (Fsp3) is 0.545. The number of hydrogen-bond acceptors (Lipinski definition) is 5. The van der Waals surface area contributed by atoms with Gasteiger partial charge in [0.1, 0.15) is 10.6 Å². The molecule has 0 radical (unpaired) electrons. The van der Waals surface area contributed by atoms with Crippen molar-refractivity contribution in [1.29, 1.82) is 0 Å². The second kappa shape index (κ2) is 9.75. The first-order chi connectivity index (χ1) is 14.3. The fourth-order valence-electron chi connectivity index (χ4n) is 4.02. The van der Waals surface area contributed by atoms with Crippen molar-refractivity contribution in [2.75, 3.05) is 13.1 Å². The van der Waals surface area contributed by atoms with E-state index in [1.54, 1.807) is 13.8 Å². The van der Waals surface area contributed by atoms with Gasteiger partial charge in [0.25, 0.3) is 0 Å². The Balaban J connectivity index is 1.44. The van der Waals surface area contributed by atoms with E-state index in [0.717, 1.165) is 12.8 Å². The summed E-state index contributed by atoms with van der Waals surface area (Å²) in [7, 11) is -3.61. The van der Waals surface area contributed by atoms with Crippen LogP contribution in [0.4, 0.5) is 0 Å². The van der Waals surface area contributed by atoms with Crippen molar-refractivity contribution in [1.82, 2.24) is 14.8 Å². The van der Waals surface area contributed by atoms with Gasteiger partial charge in [0.2, 0.25) is 15.9 Å². The lowest BCUT2D eigenvalue weighted by molar-refractivity contribution is -0.122. The lowest BCUT2D eigenvalue weighted by Gasteiger charge is -2.31. The van der Waals surface area contributed by atoms with E-state index in [4.69, 9.17) is 4.52 Å². The van der Waals surface area contributed by atoms with Gasteiger partial charge in [-0.15, -0.1) is 0 Å². The van der Waals surface area contributed by atoms with Crippen LogP contribution in [0.25, 0.3) is 0 Å². The van der Waals surface area contributed by atoms with Crippen molar-refractivity contribution in [2.24, 2.45) is 5.92 Å². The molecule has 0 saturated carbocycles. The van der Waals surface area contributed by atoms with Gasteiger partial charge in [0, 0.05) is 25.6 Å². The minimum Gasteiger partial charge on any atom is -0.360 e. The van der Waals surface area contributed by atoms with Crippen LogP contribution in [0.2, 0.25) is 0 Å². The maximum absolute atomic E-state index is 12.9. The molecule has 0 aliphatic carbocycles. The second-order valence-corrected chi connectivity index (χ2v) is 10.1. The van der Waals surface area contributed by atoms with E-state index in [1.807, 2.05) is 25.1 Å². The summed E-state index contributed by atoms with van der Waals surface area (Å²) in [5.74, 6) is 0.559. The van der Waals surface area contributed by atoms with Crippen molar-refractivity contribution < 1.29 is 17.7 Å². The molecule has 1 amide bonds. The average molecular weight is 434 g/mol. The molecule has 0 bridgehead atoms. The van der Waals surface area contributed by atoms with E-state index in [-0.39, 0.29) is 22.8 Å². The van der Waals surface area contributed by atoms with E-state index in [0.29, 0.717) is 43.8 Å². The molecule has 1 aromatic carbocycles. The third-order valence-corrected chi connectivity index (χ3v) is 7.87. The fourth-order valence-corrected chi connectivity index (χ4v) is 5.78. The number of aryl methyl sites for hydroxylation is 3. The van der Waals surface area contributed by atoms with Gasteiger partial charge in [0.15, 0.2) is 5.76 Å². The third-order valence-electron chi connectivity index (χ3n) is 5.73. The average Bonchev–Trinajstić information content (AvgIpc) is 3.06. The van der Waals surface area contributed by atoms with Gasteiger partial charge in [-0.25, -0.2) is 8.42 Å². The standard InChI is InChI=1S/C22H31N3O4S/c1-16(9-10-19-7-5-4-6-8-19)23-21(26)15-20-11-13-25(14-12-20)30(27,28)22-17(2)24-29-18(22)3/h4-8,16,20H,9-15H2,1-3H3,(H,23,26). The molecule has 0 spiro atoms. The molecule has 2 heterocycles. The number of sulfonamides is 1. The molecule has 1 aliphatic heterocycles. The van der Waals surface area contributed by atoms with Crippen LogP contribution in [0.3, 0.4) is 0 Å². The van der Waals surface area contributed by atoms with E-state index in [1.165, 1.54) is 9.87 Å². The van der Waals surface area contributed by atoms with Crippen molar-refractivity contribution in [2.45, 2.75) is 63.8 Å². The summed E-state index contributed by atoms with van der Waals surface area (Å²) in [4.78, 5) is 12.6. The molecule has 3 rings (SSSR count). The highest BCUT2D eigenvalue weighted by molar-refractivity contribution is 7.89. The Morgan fingerprint density at radius 3 is 2.50 bits per heavy atom. The highest BCUT2D eigenvalue weighted by Crippen LogP contribution is 2.28. The van der Waals surface area contributed by atoms with Gasteiger partial charge in [-0.1, -0.05) is 35.5 Å². The molecule has 1 N–H and O–H groups in total. The van der Waals surface area contributed by atoms with Crippen LogP contribution in [0.1, 0.15) is 49.6 Å². The van der Waals surface area contributed by atoms with E-state index >= 15 is 0 Å². The van der Waals surface area contributed by atoms with E-state index in [2.05, 4.69) is 22.6 Å². The largest absolute Gasteiger partial charge is 0.360 e. The Labute approximate surface area is 178 Å². The Morgan fingerprint density at radius 1 is 1.23 bits per heavy atom. The molecule has 8 heteroatoms. The number of aromatic nitrogens is 1. The Kier molecular flexibility index (Phi) is 7.31. The SMILES string of the molecule is Cc1noc(C)c1S(=O)(=O)N1CCC(CC(=O)NC(C)CCc2ccccc2)CC1. The number of carbonyl (C=O) groups is 1. The summed E-state index contributed by atoms with van der Waals surface area (Å²) in [5.41, 5.74) is 1.66. The Bertz CT molecular complexity index is 929. The highest BCUT2D eigenvalue weighted by Gasteiger charge is 2.34. The van der Waals surface area contributed by atoms with Gasteiger partial charge in [-0.2, -0.15) is 4.31 Å². The summed E-state index contributed by atoms with van der Waals surface area (Å²) in [6, 6.07) is 10.4. The summed E-state index contributed by atoms with van der Waals surface area (Å²) in [6.07, 6.45) is 3.61. The Morgan fingerprint density at radius 2 is 1.90 bits per heavy atom. The van der Waals surface area contributed by atoms with Gasteiger partial charge in [-0.05, 0) is 57.9 Å². The van der Waals surface area contributed by atoms with Crippen LogP contribution in [-0.2, 0) is 21.2 Å². The molecule has 1 fully saturated rings. The maximum Gasteiger partial charge on any atom is 0.248 e. The number of rotatable bonds is 8. The number of piperidine rings is 1. The number of nitrogens with one attached hydrogen (secondary N) is 1. The topological polar surface area (TPSA) is 92.5 Å². The first kappa shape index (κ1) is 22.5. The van der Waals surface area contributed by atoms with Crippen LogP contribution in [0.15, 0.2) is 39.8 Å². The molecular formula is C22H31N3O4S. The number of hydrogen-bond donors (Lipinski definition) is 1. The first-order valence-corrected chi connectivity index (χ1v) is 12.0. The summed E-state index contributed by atoms with van der Waals surface area (Å²) >= 11 is 0. The molecule has 30 heavy (non-hydrogen) atoms. The van der Waals surface area contributed by atoms with Crippen molar-refractivity contribution in [3.63, 3.8) is 0 Å². The van der Waals surface area contributed by atoms with Gasteiger partial charge in [0.05, 0.1) is 0 Å². The predicted molar refractivity (Wildman–Crippen MR) is 114 cm³/mol. The first-order valence-electron chi connectivity index (χ1n) is 10.5. The molecule has 2 aromatic rings.